The Labute approximate surface area is 90.5 Å². The first-order valence-electron chi connectivity index (χ1n) is 5.22. The van der Waals surface area contributed by atoms with Crippen LogP contribution >= 0.6 is 0 Å². The number of ether oxygens (including phenoxy) is 1. The van der Waals surface area contributed by atoms with Gasteiger partial charge in [0.05, 0.1) is 0 Å². The van der Waals surface area contributed by atoms with Gasteiger partial charge in [-0.2, -0.15) is 0 Å². The first-order chi connectivity index (χ1) is 7.33. The summed E-state index contributed by atoms with van der Waals surface area (Å²) in [5.41, 5.74) is 1.12. The van der Waals surface area contributed by atoms with E-state index in [9.17, 15) is 4.79 Å². The molecule has 0 radical (unpaired) electrons. The van der Waals surface area contributed by atoms with Gasteiger partial charge < -0.3 is 4.74 Å². The molecule has 0 aliphatic carbocycles. The number of ketones is 1. The molecule has 0 unspecified atom stereocenters. The lowest BCUT2D eigenvalue weighted by Gasteiger charge is -2.00. The number of nitrogens with zero attached hydrogens (tertiary/aromatic N) is 1. The van der Waals surface area contributed by atoms with Crippen LogP contribution in [-0.4, -0.2) is 24.5 Å². The van der Waals surface area contributed by atoms with Crippen LogP contribution < -0.4 is 0 Å². The largest absolute Gasteiger partial charge is 0.385 e. The van der Waals surface area contributed by atoms with Crippen molar-refractivity contribution in [3.8, 4) is 0 Å². The standard InChI is InChI=1S/C12H17NO2/c1-15-9-3-5-12(14)7-6-11-4-2-8-13-10-11/h2,4,8,10H,3,5-7,9H2,1H3. The Morgan fingerprint density at radius 1 is 1.47 bits per heavy atom. The maximum Gasteiger partial charge on any atom is 0.133 e. The number of methoxy groups -OCH3 is 1. The Kier molecular flexibility index (Phi) is 5.63. The number of aromatic nitrogens is 1. The average molecular weight is 207 g/mol. The van der Waals surface area contributed by atoms with Crippen molar-refractivity contribution >= 4 is 5.78 Å². The molecule has 3 nitrogen and oxygen atoms in total. The molecule has 0 aliphatic rings. The minimum Gasteiger partial charge on any atom is -0.385 e. The molecule has 82 valence electrons. The number of rotatable bonds is 7. The molecule has 0 amide bonds. The number of Topliss-reactive ketones (excluding diaryl/α,β-unsaturated/α-hetero) is 1. The summed E-state index contributed by atoms with van der Waals surface area (Å²) >= 11 is 0. The Morgan fingerprint density at radius 3 is 3.00 bits per heavy atom. The van der Waals surface area contributed by atoms with Gasteiger partial charge in [-0.1, -0.05) is 6.07 Å². The minimum absolute atomic E-state index is 0.302. The molecular formula is C12H17NO2. The monoisotopic (exact) mass is 207 g/mol. The summed E-state index contributed by atoms with van der Waals surface area (Å²) < 4.78 is 4.89. The highest BCUT2D eigenvalue weighted by molar-refractivity contribution is 5.78. The molecule has 0 saturated carbocycles. The fraction of sp³-hybridized carbons (Fsp3) is 0.500. The molecule has 15 heavy (non-hydrogen) atoms. The molecule has 0 saturated heterocycles. The molecule has 0 atom stereocenters. The van der Waals surface area contributed by atoms with E-state index in [4.69, 9.17) is 4.74 Å². The fourth-order valence-corrected chi connectivity index (χ4v) is 1.37. The smallest absolute Gasteiger partial charge is 0.133 e. The Bertz CT molecular complexity index is 285. The second-order valence-electron chi connectivity index (χ2n) is 3.50. The quantitative estimate of drug-likeness (QED) is 0.642. The average Bonchev–Trinajstić information content (AvgIpc) is 2.28. The van der Waals surface area contributed by atoms with Crippen molar-refractivity contribution < 1.29 is 9.53 Å². The minimum atomic E-state index is 0.302. The van der Waals surface area contributed by atoms with E-state index in [1.807, 2.05) is 18.3 Å². The Hall–Kier alpha value is -1.22. The van der Waals surface area contributed by atoms with Gasteiger partial charge in [-0.15, -0.1) is 0 Å². The van der Waals surface area contributed by atoms with Crippen molar-refractivity contribution in [2.24, 2.45) is 0 Å². The van der Waals surface area contributed by atoms with Crippen LogP contribution in [0.1, 0.15) is 24.8 Å². The molecule has 0 bridgehead atoms. The van der Waals surface area contributed by atoms with E-state index in [2.05, 4.69) is 4.98 Å². The lowest BCUT2D eigenvalue weighted by Crippen LogP contribution is -2.02. The second kappa shape index (κ2) is 7.12. The summed E-state index contributed by atoms with van der Waals surface area (Å²) in [6.45, 7) is 0.665. The van der Waals surface area contributed by atoms with Gasteiger partial charge in [0.2, 0.25) is 0 Å². The van der Waals surface area contributed by atoms with Crippen molar-refractivity contribution in [1.82, 2.24) is 4.98 Å². The van der Waals surface area contributed by atoms with Crippen molar-refractivity contribution in [3.63, 3.8) is 0 Å². The van der Waals surface area contributed by atoms with Crippen molar-refractivity contribution in [1.29, 1.82) is 0 Å². The highest BCUT2D eigenvalue weighted by Crippen LogP contribution is 2.03. The SMILES string of the molecule is COCCCC(=O)CCc1cccnc1. The van der Waals surface area contributed by atoms with Crippen LogP contribution in [0.2, 0.25) is 0 Å². The molecule has 1 aromatic rings. The number of pyridine rings is 1. The van der Waals surface area contributed by atoms with E-state index in [-0.39, 0.29) is 0 Å². The van der Waals surface area contributed by atoms with Gasteiger partial charge in [-0.05, 0) is 24.5 Å². The molecule has 1 aromatic heterocycles. The van der Waals surface area contributed by atoms with E-state index >= 15 is 0 Å². The van der Waals surface area contributed by atoms with Crippen molar-refractivity contribution in [2.45, 2.75) is 25.7 Å². The van der Waals surface area contributed by atoms with Crippen LogP contribution in [0.5, 0.6) is 0 Å². The van der Waals surface area contributed by atoms with E-state index in [1.165, 1.54) is 0 Å². The summed E-state index contributed by atoms with van der Waals surface area (Å²) in [4.78, 5) is 15.4. The summed E-state index contributed by atoms with van der Waals surface area (Å²) in [7, 11) is 1.65. The highest BCUT2D eigenvalue weighted by atomic mass is 16.5. The molecule has 1 heterocycles. The van der Waals surface area contributed by atoms with Gasteiger partial charge in [0.25, 0.3) is 0 Å². The lowest BCUT2D eigenvalue weighted by atomic mass is 10.1. The van der Waals surface area contributed by atoms with Gasteiger partial charge in [0.1, 0.15) is 5.78 Å². The zero-order valence-corrected chi connectivity index (χ0v) is 9.11. The third-order valence-electron chi connectivity index (χ3n) is 2.22. The summed E-state index contributed by atoms with van der Waals surface area (Å²) in [5.74, 6) is 0.302. The van der Waals surface area contributed by atoms with Gasteiger partial charge in [0.15, 0.2) is 0 Å². The normalized spacial score (nSPS) is 10.2. The van der Waals surface area contributed by atoms with Crippen molar-refractivity contribution in [3.05, 3.63) is 30.1 Å². The predicted molar refractivity (Wildman–Crippen MR) is 58.7 cm³/mol. The molecule has 0 aromatic carbocycles. The Balaban J connectivity index is 2.17. The van der Waals surface area contributed by atoms with Crippen LogP contribution in [-0.2, 0) is 16.0 Å². The van der Waals surface area contributed by atoms with Crippen LogP contribution in [0, 0.1) is 0 Å². The van der Waals surface area contributed by atoms with Crippen LogP contribution in [0.3, 0.4) is 0 Å². The summed E-state index contributed by atoms with van der Waals surface area (Å²) in [6, 6.07) is 3.89. The number of hydrogen-bond acceptors (Lipinski definition) is 3. The van der Waals surface area contributed by atoms with Crippen LogP contribution in [0.15, 0.2) is 24.5 Å². The number of aryl methyl sites for hydroxylation is 1. The first-order valence-corrected chi connectivity index (χ1v) is 5.22. The molecule has 0 fully saturated rings. The lowest BCUT2D eigenvalue weighted by molar-refractivity contribution is -0.119. The zero-order chi connectivity index (χ0) is 10.9. The third-order valence-corrected chi connectivity index (χ3v) is 2.22. The molecule has 0 aliphatic heterocycles. The second-order valence-corrected chi connectivity index (χ2v) is 3.50. The van der Waals surface area contributed by atoms with E-state index in [0.717, 1.165) is 18.4 Å². The van der Waals surface area contributed by atoms with E-state index in [1.54, 1.807) is 13.3 Å². The number of carbonyl (C=O) groups is 1. The van der Waals surface area contributed by atoms with Crippen LogP contribution in [0.25, 0.3) is 0 Å². The Morgan fingerprint density at radius 2 is 2.33 bits per heavy atom. The number of carbonyl (C=O) groups excluding carboxylic acids is 1. The first kappa shape index (κ1) is 11.9. The van der Waals surface area contributed by atoms with E-state index in [0.29, 0.717) is 25.2 Å². The summed E-state index contributed by atoms with van der Waals surface area (Å²) in [5, 5.41) is 0. The predicted octanol–water partition coefficient (Wildman–Crippen LogP) is 2.01. The van der Waals surface area contributed by atoms with Crippen LogP contribution in [0.4, 0.5) is 0 Å². The molecule has 3 heteroatoms. The van der Waals surface area contributed by atoms with Gasteiger partial charge in [0, 0.05) is 39.0 Å². The zero-order valence-electron chi connectivity index (χ0n) is 9.11. The maximum atomic E-state index is 11.4. The van der Waals surface area contributed by atoms with Gasteiger partial charge >= 0.3 is 0 Å². The fourth-order valence-electron chi connectivity index (χ4n) is 1.37. The van der Waals surface area contributed by atoms with E-state index < -0.39 is 0 Å². The third kappa shape index (κ3) is 5.27. The van der Waals surface area contributed by atoms with Gasteiger partial charge in [-0.3, -0.25) is 9.78 Å². The highest BCUT2D eigenvalue weighted by Gasteiger charge is 2.02. The molecule has 1 rings (SSSR count). The molecular weight excluding hydrogens is 190 g/mol. The maximum absolute atomic E-state index is 11.4. The van der Waals surface area contributed by atoms with Crippen molar-refractivity contribution in [2.75, 3.05) is 13.7 Å². The van der Waals surface area contributed by atoms with Gasteiger partial charge in [-0.25, -0.2) is 0 Å². The summed E-state index contributed by atoms with van der Waals surface area (Å²) in [6.07, 6.45) is 6.39. The molecule has 0 N–H and O–H groups in total. The number of hydrogen-bond donors (Lipinski definition) is 0. The topological polar surface area (TPSA) is 39.2 Å². The molecule has 0 spiro atoms.